The van der Waals surface area contributed by atoms with Crippen LogP contribution in [0.2, 0.25) is 0 Å². The number of thiophene rings is 3. The Hall–Kier alpha value is -6.58. The Kier molecular flexibility index (Phi) is 10.1. The molecule has 4 heterocycles. The van der Waals surface area contributed by atoms with Crippen molar-refractivity contribution < 1.29 is 0 Å². The Morgan fingerprint density at radius 2 is 1.28 bits per heavy atom. The number of nitrogens with one attached hydrogen (secondary N) is 1. The maximum absolute atomic E-state index is 8.69. The van der Waals surface area contributed by atoms with Gasteiger partial charge in [-0.3, -0.25) is 5.41 Å². The maximum Gasteiger partial charge on any atom is 0.164 e. The molecule has 10 rings (SSSR count). The van der Waals surface area contributed by atoms with Crippen molar-refractivity contribution in [1.82, 2.24) is 15.0 Å². The Morgan fingerprint density at radius 3 is 2.03 bits per heavy atom. The van der Waals surface area contributed by atoms with E-state index < -0.39 is 0 Å². The fourth-order valence-corrected chi connectivity index (χ4v) is 10.8. The van der Waals surface area contributed by atoms with E-state index in [0.29, 0.717) is 28.9 Å². The van der Waals surface area contributed by atoms with Gasteiger partial charge in [0.25, 0.3) is 0 Å². The number of hydrogen-bond acceptors (Lipinski definition) is 8. The van der Waals surface area contributed by atoms with E-state index in [-0.39, 0.29) is 0 Å². The lowest BCUT2D eigenvalue weighted by Gasteiger charge is -2.10. The number of benzene rings is 6. The molecule has 0 spiro atoms. The topological polar surface area (TPSA) is 88.5 Å². The number of fused-ring (bicyclic) bond motifs is 7. The van der Waals surface area contributed by atoms with Crippen molar-refractivity contribution in [1.29, 1.82) is 5.41 Å². The van der Waals surface area contributed by atoms with Gasteiger partial charge in [0.15, 0.2) is 17.5 Å². The first-order valence-corrected chi connectivity index (χ1v) is 21.3. The van der Waals surface area contributed by atoms with Crippen molar-refractivity contribution in [2.75, 3.05) is 5.73 Å². The number of nitrogen functional groups attached to an aromatic ring is 1. The van der Waals surface area contributed by atoms with E-state index in [1.54, 1.807) is 40.1 Å². The van der Waals surface area contributed by atoms with Crippen molar-refractivity contribution in [3.8, 4) is 22.8 Å². The third kappa shape index (κ3) is 6.81. The molecule has 0 aliphatic heterocycles. The van der Waals surface area contributed by atoms with Gasteiger partial charge in [0.2, 0.25) is 0 Å². The molecule has 0 amide bonds. The van der Waals surface area contributed by atoms with Gasteiger partial charge in [-0.15, -0.1) is 34.0 Å². The van der Waals surface area contributed by atoms with Crippen LogP contribution in [0.15, 0.2) is 164 Å². The zero-order valence-corrected chi connectivity index (χ0v) is 34.3. The summed E-state index contributed by atoms with van der Waals surface area (Å²) in [5.74, 6) is 1.99. The minimum atomic E-state index is 0.498. The molecule has 0 atom stereocenters. The third-order valence-corrected chi connectivity index (χ3v) is 13.6. The summed E-state index contributed by atoms with van der Waals surface area (Å²) in [5, 5.41) is 14.7. The van der Waals surface area contributed by atoms with Crippen LogP contribution in [0.3, 0.4) is 0 Å². The zero-order valence-electron chi connectivity index (χ0n) is 31.9. The second-order valence-corrected chi connectivity index (χ2v) is 17.0. The SMILES string of the molecule is C=C/C=C\C(=C/C)c1nc(-c2ccccc2)nc(-c2cccc3sc4cccc(C)c4c23)n1.N=C(c1ccc2c(c1)sc1ccccc12)c1sc2ccccc2c1N. The predicted octanol–water partition coefficient (Wildman–Crippen LogP) is 14.3. The molecule has 4 aromatic heterocycles. The molecule has 6 aromatic carbocycles. The molecule has 0 aliphatic carbocycles. The molecule has 8 heteroatoms. The first-order valence-electron chi connectivity index (χ1n) is 18.9. The zero-order chi connectivity index (χ0) is 39.8. The molecule has 0 radical (unpaired) electrons. The molecule has 0 fully saturated rings. The fourth-order valence-electron chi connectivity index (χ4n) is 7.30. The van der Waals surface area contributed by atoms with Gasteiger partial charge >= 0.3 is 0 Å². The predicted molar refractivity (Wildman–Crippen MR) is 253 cm³/mol. The molecule has 58 heavy (non-hydrogen) atoms. The molecule has 0 saturated carbocycles. The average molecular weight is 804 g/mol. The number of hydrogen-bond donors (Lipinski definition) is 2. The first-order chi connectivity index (χ1) is 28.4. The highest BCUT2D eigenvalue weighted by Crippen LogP contribution is 2.41. The van der Waals surface area contributed by atoms with Crippen LogP contribution in [0.1, 0.15) is 28.8 Å². The van der Waals surface area contributed by atoms with E-state index in [1.807, 2.05) is 79.7 Å². The van der Waals surface area contributed by atoms with Crippen LogP contribution in [-0.2, 0) is 0 Å². The standard InChI is InChI=1S/C29H23N3S.C21H14N2S2/c1-4-6-13-20(5-2)27-30-28(21-14-8-7-9-15-21)32-29(31-27)22-16-11-18-24-26(22)25-19(3)12-10-17-23(25)33-24;22-19(21-20(23)15-6-2-4-8-17(15)25-21)12-9-10-14-13-5-1-3-7-16(13)24-18(14)11-12/h4-18H,1H2,2-3H3;1-11,22H,23H2/b13-6-,20-5+;. The molecule has 0 bridgehead atoms. The number of anilines is 1. The minimum absolute atomic E-state index is 0.498. The Balaban J connectivity index is 0.000000156. The summed E-state index contributed by atoms with van der Waals surface area (Å²) >= 11 is 5.17. The second-order valence-electron chi connectivity index (χ2n) is 13.8. The van der Waals surface area contributed by atoms with Crippen LogP contribution in [0.4, 0.5) is 5.69 Å². The van der Waals surface area contributed by atoms with Crippen molar-refractivity contribution >= 4 is 101 Å². The summed E-state index contributed by atoms with van der Waals surface area (Å²) in [5.41, 5.74) is 12.6. The lowest BCUT2D eigenvalue weighted by atomic mass is 10.0. The number of aryl methyl sites for hydroxylation is 1. The van der Waals surface area contributed by atoms with Gasteiger partial charge in [0.1, 0.15) is 0 Å². The van der Waals surface area contributed by atoms with Gasteiger partial charge in [0, 0.05) is 72.7 Å². The highest BCUT2D eigenvalue weighted by atomic mass is 32.1. The summed E-state index contributed by atoms with van der Waals surface area (Å²) in [6, 6.07) is 45.7. The largest absolute Gasteiger partial charge is 0.397 e. The third-order valence-electron chi connectivity index (χ3n) is 10.1. The molecular formula is C50H37N5S3. The Bertz CT molecular complexity index is 3260. The molecule has 0 saturated heterocycles. The fraction of sp³-hybridized carbons (Fsp3) is 0.0400. The van der Waals surface area contributed by atoms with E-state index in [4.69, 9.17) is 26.1 Å². The summed E-state index contributed by atoms with van der Waals surface area (Å²) in [4.78, 5) is 15.6. The summed E-state index contributed by atoms with van der Waals surface area (Å²) in [6.45, 7) is 7.95. The Labute approximate surface area is 348 Å². The van der Waals surface area contributed by atoms with Crippen LogP contribution in [0, 0.1) is 12.3 Å². The van der Waals surface area contributed by atoms with Gasteiger partial charge < -0.3 is 5.73 Å². The van der Waals surface area contributed by atoms with Crippen molar-refractivity contribution in [3.05, 3.63) is 186 Å². The summed E-state index contributed by atoms with van der Waals surface area (Å²) in [6.07, 6.45) is 7.65. The molecule has 0 unspecified atom stereocenters. The van der Waals surface area contributed by atoms with Gasteiger partial charge in [-0.05, 0) is 49.7 Å². The first kappa shape index (κ1) is 37.0. The Morgan fingerprint density at radius 1 is 0.638 bits per heavy atom. The maximum atomic E-state index is 8.69. The number of nitrogens with two attached hydrogens (primary N) is 1. The van der Waals surface area contributed by atoms with E-state index >= 15 is 0 Å². The quantitative estimate of drug-likeness (QED) is 0.124. The number of nitrogens with zero attached hydrogens (tertiary/aromatic N) is 3. The average Bonchev–Trinajstić information content (AvgIpc) is 3.95. The van der Waals surface area contributed by atoms with Crippen LogP contribution in [-0.4, -0.2) is 20.7 Å². The molecule has 280 valence electrons. The van der Waals surface area contributed by atoms with E-state index in [0.717, 1.165) is 37.2 Å². The molecule has 0 aliphatic rings. The normalized spacial score (nSPS) is 11.9. The van der Waals surface area contributed by atoms with Crippen molar-refractivity contribution in [2.24, 2.45) is 0 Å². The monoisotopic (exact) mass is 803 g/mol. The summed E-state index contributed by atoms with van der Waals surface area (Å²) in [7, 11) is 0. The number of rotatable bonds is 7. The van der Waals surface area contributed by atoms with Crippen LogP contribution in [0.5, 0.6) is 0 Å². The lowest BCUT2D eigenvalue weighted by Crippen LogP contribution is -2.02. The molecular weight excluding hydrogens is 767 g/mol. The lowest BCUT2D eigenvalue weighted by molar-refractivity contribution is 1.04. The van der Waals surface area contributed by atoms with Gasteiger partial charge in [-0.1, -0.05) is 134 Å². The summed E-state index contributed by atoms with van der Waals surface area (Å²) < 4.78 is 6.13. The molecule has 3 N–H and O–H groups in total. The second kappa shape index (κ2) is 15.8. The van der Waals surface area contributed by atoms with Gasteiger partial charge in [-0.2, -0.15) is 0 Å². The van der Waals surface area contributed by atoms with Crippen LogP contribution in [0.25, 0.3) is 78.8 Å². The van der Waals surface area contributed by atoms with E-state index in [2.05, 4.69) is 92.4 Å². The van der Waals surface area contributed by atoms with Crippen LogP contribution < -0.4 is 5.73 Å². The highest BCUT2D eigenvalue weighted by molar-refractivity contribution is 7.26. The van der Waals surface area contributed by atoms with Crippen molar-refractivity contribution in [2.45, 2.75) is 13.8 Å². The highest BCUT2D eigenvalue weighted by Gasteiger charge is 2.19. The smallest absolute Gasteiger partial charge is 0.164 e. The molecule has 10 aromatic rings. The van der Waals surface area contributed by atoms with Crippen LogP contribution >= 0.6 is 34.0 Å². The van der Waals surface area contributed by atoms with E-state index in [1.165, 1.54) is 45.9 Å². The number of allylic oxidation sites excluding steroid dienone is 5. The molecule has 5 nitrogen and oxygen atoms in total. The number of aromatic nitrogens is 3. The van der Waals surface area contributed by atoms with Gasteiger partial charge in [0.05, 0.1) is 16.3 Å². The van der Waals surface area contributed by atoms with Gasteiger partial charge in [-0.25, -0.2) is 15.0 Å². The van der Waals surface area contributed by atoms with Crippen molar-refractivity contribution in [3.63, 3.8) is 0 Å². The minimum Gasteiger partial charge on any atom is -0.397 e. The van der Waals surface area contributed by atoms with E-state index in [9.17, 15) is 0 Å².